The summed E-state index contributed by atoms with van der Waals surface area (Å²) in [5, 5.41) is 15.6. The van der Waals surface area contributed by atoms with E-state index in [0.29, 0.717) is 17.4 Å². The Kier molecular flexibility index (Phi) is 4.43. The van der Waals surface area contributed by atoms with Gasteiger partial charge in [-0.1, -0.05) is 13.8 Å². The lowest BCUT2D eigenvalue weighted by Crippen LogP contribution is -2.41. The molecule has 1 aromatic heterocycles. The van der Waals surface area contributed by atoms with Gasteiger partial charge in [-0.2, -0.15) is 0 Å². The maximum atomic E-state index is 14.0. The predicted molar refractivity (Wildman–Crippen MR) is 116 cm³/mol. The van der Waals surface area contributed by atoms with E-state index in [1.54, 1.807) is 13.0 Å². The summed E-state index contributed by atoms with van der Waals surface area (Å²) in [6.45, 7) is 6.17. The Bertz CT molecular complexity index is 1160. The molecule has 0 spiro atoms. The number of aromatic nitrogens is 1. The smallest absolute Gasteiger partial charge is 0.142 e. The predicted octanol–water partition coefficient (Wildman–Crippen LogP) is 4.33. The number of nitrogens with zero attached hydrogens (tertiary/aromatic N) is 2. The molecule has 1 saturated carbocycles. The summed E-state index contributed by atoms with van der Waals surface area (Å²) in [4.78, 5) is 0. The van der Waals surface area contributed by atoms with Crippen LogP contribution in [-0.2, 0) is 0 Å². The van der Waals surface area contributed by atoms with E-state index in [2.05, 4.69) is 40.0 Å². The van der Waals surface area contributed by atoms with Crippen molar-refractivity contribution in [1.29, 1.82) is 0 Å². The number of hydrazine groups is 2. The van der Waals surface area contributed by atoms with Gasteiger partial charge < -0.3 is 9.67 Å². The monoisotopic (exact) mass is 407 g/mol. The molecule has 0 bridgehead atoms. The van der Waals surface area contributed by atoms with Crippen LogP contribution >= 0.6 is 0 Å². The molecule has 2 heterocycles. The van der Waals surface area contributed by atoms with Gasteiger partial charge in [-0.15, -0.1) is 10.6 Å². The van der Waals surface area contributed by atoms with Crippen LogP contribution in [0.1, 0.15) is 55.3 Å². The summed E-state index contributed by atoms with van der Waals surface area (Å²) in [7, 11) is 0. The second-order valence-corrected chi connectivity index (χ2v) is 8.65. The van der Waals surface area contributed by atoms with Crippen molar-refractivity contribution in [2.24, 2.45) is 11.0 Å². The molecule has 2 aromatic carbocycles. The fourth-order valence-corrected chi connectivity index (χ4v) is 4.85. The number of aromatic hydroxyl groups is 1. The van der Waals surface area contributed by atoms with Crippen molar-refractivity contribution in [3.05, 3.63) is 59.0 Å². The Morgan fingerprint density at radius 2 is 1.93 bits per heavy atom. The Labute approximate surface area is 174 Å². The maximum absolute atomic E-state index is 14.0. The van der Waals surface area contributed by atoms with Crippen molar-refractivity contribution in [2.75, 3.05) is 0 Å². The average molecular weight is 407 g/mol. The molecule has 2 aliphatic rings. The van der Waals surface area contributed by atoms with Crippen molar-refractivity contribution < 1.29 is 9.50 Å². The molecule has 156 valence electrons. The third kappa shape index (κ3) is 2.92. The number of nitrogens with one attached hydrogen (secondary N) is 3. The Morgan fingerprint density at radius 3 is 2.60 bits per heavy atom. The van der Waals surface area contributed by atoms with E-state index < -0.39 is 0 Å². The van der Waals surface area contributed by atoms with Gasteiger partial charge in [0.05, 0.1) is 5.52 Å². The van der Waals surface area contributed by atoms with Crippen molar-refractivity contribution >= 4 is 16.7 Å². The van der Waals surface area contributed by atoms with Crippen LogP contribution in [0.3, 0.4) is 0 Å². The van der Waals surface area contributed by atoms with Gasteiger partial charge in [0, 0.05) is 22.7 Å². The Morgan fingerprint density at radius 1 is 1.13 bits per heavy atom. The third-order valence-corrected chi connectivity index (χ3v) is 6.33. The molecule has 0 atom stereocenters. The van der Waals surface area contributed by atoms with Gasteiger partial charge in [-0.3, -0.25) is 5.43 Å². The molecule has 3 aromatic rings. The molecule has 1 aliphatic carbocycles. The first-order valence-corrected chi connectivity index (χ1v) is 10.4. The number of aryl methyl sites for hydroxylation is 1. The molecule has 1 aliphatic heterocycles. The molecule has 7 heteroatoms. The van der Waals surface area contributed by atoms with Crippen LogP contribution in [0.2, 0.25) is 0 Å². The van der Waals surface area contributed by atoms with E-state index in [9.17, 15) is 9.50 Å². The lowest BCUT2D eigenvalue weighted by atomic mass is 9.69. The molecule has 30 heavy (non-hydrogen) atoms. The largest absolute Gasteiger partial charge is 0.508 e. The number of rotatable bonds is 4. The van der Waals surface area contributed by atoms with E-state index in [-0.39, 0.29) is 17.5 Å². The molecule has 0 saturated heterocycles. The zero-order chi connectivity index (χ0) is 21.0. The second-order valence-electron chi connectivity index (χ2n) is 8.65. The highest BCUT2D eigenvalue weighted by Crippen LogP contribution is 2.49. The second kappa shape index (κ2) is 7.02. The fourth-order valence-electron chi connectivity index (χ4n) is 4.85. The number of benzene rings is 2. The number of hydrazone groups is 1. The van der Waals surface area contributed by atoms with Gasteiger partial charge in [0.1, 0.15) is 17.4 Å². The van der Waals surface area contributed by atoms with Crippen molar-refractivity contribution in [2.45, 2.75) is 45.4 Å². The van der Waals surface area contributed by atoms with Crippen molar-refractivity contribution in [1.82, 2.24) is 21.1 Å². The van der Waals surface area contributed by atoms with E-state index in [0.717, 1.165) is 35.3 Å². The highest BCUT2D eigenvalue weighted by molar-refractivity contribution is 5.91. The number of phenolic OH excluding ortho intramolecular Hbond substituents is 1. The lowest BCUT2D eigenvalue weighted by molar-refractivity contribution is 0.337. The summed E-state index contributed by atoms with van der Waals surface area (Å²) < 4.78 is 16.2. The van der Waals surface area contributed by atoms with Crippen molar-refractivity contribution in [3.8, 4) is 11.4 Å². The molecule has 6 nitrogen and oxygen atoms in total. The Hall–Kier alpha value is -3.06. The fraction of sp³-hybridized carbons (Fsp3) is 0.348. The van der Waals surface area contributed by atoms with Gasteiger partial charge in [0.15, 0.2) is 0 Å². The van der Waals surface area contributed by atoms with Gasteiger partial charge in [-0.05, 0) is 79.1 Å². The minimum atomic E-state index is -0.201. The molecule has 4 N–H and O–H groups in total. The van der Waals surface area contributed by atoms with Crippen LogP contribution < -0.4 is 16.5 Å². The summed E-state index contributed by atoms with van der Waals surface area (Å²) in [5.41, 5.74) is 13.7. The van der Waals surface area contributed by atoms with Crippen molar-refractivity contribution in [3.63, 3.8) is 0 Å². The van der Waals surface area contributed by atoms with E-state index in [1.165, 1.54) is 17.3 Å². The highest BCUT2D eigenvalue weighted by atomic mass is 19.1. The summed E-state index contributed by atoms with van der Waals surface area (Å²) in [6, 6.07) is 10.8. The molecule has 0 unspecified atom stereocenters. The van der Waals surface area contributed by atoms with E-state index >= 15 is 0 Å². The van der Waals surface area contributed by atoms with E-state index in [4.69, 9.17) is 0 Å². The average Bonchev–Trinajstić information content (AvgIpc) is 3.30. The van der Waals surface area contributed by atoms with E-state index in [1.807, 2.05) is 24.3 Å². The number of halogens is 1. The molecular weight excluding hydrogens is 381 g/mol. The third-order valence-electron chi connectivity index (χ3n) is 6.33. The Balaban J connectivity index is 1.67. The molecule has 5 rings (SSSR count). The quantitative estimate of drug-likeness (QED) is 0.520. The summed E-state index contributed by atoms with van der Waals surface area (Å²) in [5.74, 6) is 2.03. The first-order valence-electron chi connectivity index (χ1n) is 10.4. The van der Waals surface area contributed by atoms with Gasteiger partial charge in [0.2, 0.25) is 0 Å². The van der Waals surface area contributed by atoms with Crippen LogP contribution in [0.15, 0.2) is 41.5 Å². The summed E-state index contributed by atoms with van der Waals surface area (Å²) in [6.07, 6.45) is 1.98. The molecular formula is C23H26FN5O. The number of fused-ring (bicyclic) bond motifs is 1. The highest BCUT2D eigenvalue weighted by Gasteiger charge is 2.39. The van der Waals surface area contributed by atoms with Gasteiger partial charge >= 0.3 is 0 Å². The van der Waals surface area contributed by atoms with Crippen LogP contribution in [0.4, 0.5) is 4.39 Å². The first-order chi connectivity index (χ1) is 14.4. The van der Waals surface area contributed by atoms with Crippen LogP contribution in [-0.4, -0.2) is 15.5 Å². The minimum Gasteiger partial charge on any atom is -0.508 e. The van der Waals surface area contributed by atoms with Gasteiger partial charge in [0.25, 0.3) is 0 Å². The van der Waals surface area contributed by atoms with Crippen LogP contribution in [0, 0.1) is 18.7 Å². The maximum Gasteiger partial charge on any atom is 0.142 e. The normalized spacial score (nSPS) is 20.8. The van der Waals surface area contributed by atoms with Crippen LogP contribution in [0.5, 0.6) is 5.75 Å². The SMILES string of the molecule is Cc1cc(-n2c(C(C)C)c([C@H]3C[C@@H](C4=NNNN4)C3)c3cc(O)ccc32)ccc1F. The zero-order valence-electron chi connectivity index (χ0n) is 17.3. The topological polar surface area (TPSA) is 73.6 Å². The summed E-state index contributed by atoms with van der Waals surface area (Å²) >= 11 is 0. The first kappa shape index (κ1) is 18.9. The minimum absolute atomic E-state index is 0.201. The lowest BCUT2D eigenvalue weighted by Gasteiger charge is -2.36. The standard InChI is InChI=1S/C23H26FN5O/c1-12(2)22-21(14-9-15(10-14)23-25-27-28-26-23)18-11-17(30)5-7-20(18)29(22)16-4-6-19(24)13(3)8-16/h4-8,11-12,14-15,27-28,30H,9-10H2,1-3H3,(H,25,26)/t14-,15+. The number of hydrogen-bond donors (Lipinski definition) is 4. The number of hydrogen-bond acceptors (Lipinski definition) is 5. The van der Waals surface area contributed by atoms with Crippen LogP contribution in [0.25, 0.3) is 16.6 Å². The molecule has 1 fully saturated rings. The zero-order valence-corrected chi connectivity index (χ0v) is 17.3. The molecule has 0 radical (unpaired) electrons. The number of phenols is 1. The van der Waals surface area contributed by atoms with Gasteiger partial charge in [-0.25, -0.2) is 9.93 Å². The number of amidine groups is 1. The molecule has 0 amide bonds.